The van der Waals surface area contributed by atoms with Gasteiger partial charge in [-0.25, -0.2) is 4.98 Å². The van der Waals surface area contributed by atoms with Crippen LogP contribution in [0.1, 0.15) is 32.9 Å². The number of halogens is 3. The quantitative estimate of drug-likeness (QED) is 0.753. The third kappa shape index (κ3) is 4.87. The van der Waals surface area contributed by atoms with E-state index in [1.807, 2.05) is 0 Å². The number of ether oxygens (including phenoxy) is 1. The van der Waals surface area contributed by atoms with Gasteiger partial charge in [-0.2, -0.15) is 13.2 Å². The summed E-state index contributed by atoms with van der Waals surface area (Å²) < 4.78 is 41.6. The van der Waals surface area contributed by atoms with Gasteiger partial charge in [0.15, 0.2) is 5.13 Å². The molecule has 0 aliphatic heterocycles. The van der Waals surface area contributed by atoms with Gasteiger partial charge in [-0.15, -0.1) is 11.3 Å². The van der Waals surface area contributed by atoms with Gasteiger partial charge in [-0.1, -0.05) is 0 Å². The van der Waals surface area contributed by atoms with Crippen LogP contribution in [-0.2, 0) is 14.9 Å². The number of carbonyl (C=O) groups excluding carboxylic acids is 1. The molecule has 0 unspecified atom stereocenters. The van der Waals surface area contributed by atoms with E-state index in [-0.39, 0.29) is 13.2 Å². The molecule has 0 saturated carbocycles. The normalized spacial score (nSPS) is 12.3. The van der Waals surface area contributed by atoms with Crippen molar-refractivity contribution in [3.05, 3.63) is 11.1 Å². The van der Waals surface area contributed by atoms with E-state index in [1.54, 1.807) is 33.2 Å². The molecule has 0 fully saturated rings. The summed E-state index contributed by atoms with van der Waals surface area (Å²) in [5.74, 6) is -0.403. The highest BCUT2D eigenvalue weighted by Crippen LogP contribution is 2.30. The Kier molecular flexibility index (Phi) is 5.61. The van der Waals surface area contributed by atoms with Crippen molar-refractivity contribution in [1.82, 2.24) is 4.98 Å². The van der Waals surface area contributed by atoms with Crippen LogP contribution < -0.4 is 4.90 Å². The number of hydrogen-bond donors (Lipinski definition) is 0. The fourth-order valence-corrected chi connectivity index (χ4v) is 2.52. The van der Waals surface area contributed by atoms with Gasteiger partial charge in [-0.05, 0) is 20.8 Å². The number of nitrogens with zero attached hydrogens (tertiary/aromatic N) is 2. The molecule has 120 valence electrons. The number of thiazole rings is 1. The average molecular weight is 324 g/mol. The van der Waals surface area contributed by atoms with Gasteiger partial charge in [0.2, 0.25) is 0 Å². The molecule has 0 aliphatic carbocycles. The van der Waals surface area contributed by atoms with Crippen LogP contribution in [0.25, 0.3) is 0 Å². The van der Waals surface area contributed by atoms with Crippen molar-refractivity contribution in [3.63, 3.8) is 0 Å². The summed E-state index contributed by atoms with van der Waals surface area (Å²) in [7, 11) is 1.55. The Morgan fingerprint density at radius 1 is 1.43 bits per heavy atom. The predicted octanol–water partition coefficient (Wildman–Crippen LogP) is 3.37. The molecule has 1 aromatic rings. The van der Waals surface area contributed by atoms with Crippen molar-refractivity contribution in [2.45, 2.75) is 38.8 Å². The maximum atomic E-state index is 12.2. The number of alkyl halides is 3. The lowest BCUT2D eigenvalue weighted by Gasteiger charge is -2.20. The molecule has 0 atom stereocenters. The smallest absolute Gasteiger partial charge is 0.390 e. The van der Waals surface area contributed by atoms with Crippen molar-refractivity contribution in [2.75, 3.05) is 25.1 Å². The van der Waals surface area contributed by atoms with Crippen LogP contribution in [0, 0.1) is 0 Å². The van der Waals surface area contributed by atoms with Crippen LogP contribution in [-0.4, -0.2) is 37.3 Å². The second kappa shape index (κ2) is 6.64. The first-order valence-electron chi connectivity index (χ1n) is 6.49. The maximum absolute atomic E-state index is 12.2. The van der Waals surface area contributed by atoms with Crippen LogP contribution in [0.5, 0.6) is 0 Å². The first-order chi connectivity index (χ1) is 9.58. The summed E-state index contributed by atoms with van der Waals surface area (Å²) in [6.45, 7) is 5.17. The van der Waals surface area contributed by atoms with Crippen LogP contribution >= 0.6 is 11.3 Å². The van der Waals surface area contributed by atoms with Crippen molar-refractivity contribution in [1.29, 1.82) is 0 Å². The summed E-state index contributed by atoms with van der Waals surface area (Å²) in [6, 6.07) is 0. The lowest BCUT2D eigenvalue weighted by molar-refractivity contribution is -0.148. The number of rotatable bonds is 6. The van der Waals surface area contributed by atoms with Crippen molar-refractivity contribution in [2.24, 2.45) is 0 Å². The number of anilines is 1. The van der Waals surface area contributed by atoms with E-state index < -0.39 is 24.0 Å². The van der Waals surface area contributed by atoms with Gasteiger partial charge >= 0.3 is 12.1 Å². The van der Waals surface area contributed by atoms with Crippen LogP contribution in [0.3, 0.4) is 0 Å². The van der Waals surface area contributed by atoms with Gasteiger partial charge in [0.05, 0.1) is 18.7 Å². The largest absolute Gasteiger partial charge is 0.465 e. The fourth-order valence-electron chi connectivity index (χ4n) is 1.53. The summed E-state index contributed by atoms with van der Waals surface area (Å²) in [6.07, 6.45) is -5.10. The lowest BCUT2D eigenvalue weighted by Crippen LogP contribution is -2.31. The van der Waals surface area contributed by atoms with Crippen LogP contribution in [0.2, 0.25) is 0 Å². The molecule has 0 spiro atoms. The third-order valence-corrected chi connectivity index (χ3v) is 3.93. The van der Waals surface area contributed by atoms with E-state index in [4.69, 9.17) is 4.74 Å². The minimum atomic E-state index is -4.20. The molecule has 0 radical (unpaired) electrons. The standard InChI is InChI=1S/C13H19F3N2O2S/c1-5-20-10(19)12(2,3)9-8-21-11(17-9)18(4)7-6-13(14,15)16/h8H,5-7H2,1-4H3. The Hall–Kier alpha value is -1.31. The van der Waals surface area contributed by atoms with Crippen LogP contribution in [0.15, 0.2) is 5.38 Å². The van der Waals surface area contributed by atoms with Gasteiger partial charge in [0, 0.05) is 19.0 Å². The summed E-state index contributed by atoms with van der Waals surface area (Å²) in [5, 5.41) is 2.13. The van der Waals surface area contributed by atoms with Gasteiger partial charge < -0.3 is 9.64 Å². The number of hydrogen-bond acceptors (Lipinski definition) is 5. The molecule has 4 nitrogen and oxygen atoms in total. The molecule has 0 bridgehead atoms. The Morgan fingerprint density at radius 3 is 2.57 bits per heavy atom. The van der Waals surface area contributed by atoms with Crippen molar-refractivity contribution >= 4 is 22.4 Å². The van der Waals surface area contributed by atoms with Crippen molar-refractivity contribution < 1.29 is 22.7 Å². The fraction of sp³-hybridized carbons (Fsp3) is 0.692. The van der Waals surface area contributed by atoms with Gasteiger partial charge in [-0.3, -0.25) is 4.79 Å². The topological polar surface area (TPSA) is 42.4 Å². The van der Waals surface area contributed by atoms with E-state index in [1.165, 1.54) is 16.2 Å². The molecule has 0 N–H and O–H groups in total. The molecular formula is C13H19F3N2O2S. The molecule has 0 amide bonds. The molecule has 8 heteroatoms. The summed E-state index contributed by atoms with van der Waals surface area (Å²) in [5.41, 5.74) is -0.421. The number of esters is 1. The second-order valence-corrected chi connectivity index (χ2v) is 5.98. The van der Waals surface area contributed by atoms with Crippen molar-refractivity contribution in [3.8, 4) is 0 Å². The lowest BCUT2D eigenvalue weighted by atomic mass is 9.90. The molecule has 1 rings (SSSR count). The first-order valence-corrected chi connectivity index (χ1v) is 7.37. The van der Waals surface area contributed by atoms with Gasteiger partial charge in [0.25, 0.3) is 0 Å². The van der Waals surface area contributed by atoms with E-state index in [9.17, 15) is 18.0 Å². The Morgan fingerprint density at radius 2 is 2.05 bits per heavy atom. The summed E-state index contributed by atoms with van der Waals surface area (Å²) in [4.78, 5) is 17.6. The Balaban J connectivity index is 2.78. The zero-order chi connectivity index (χ0) is 16.3. The number of aromatic nitrogens is 1. The SMILES string of the molecule is CCOC(=O)C(C)(C)c1csc(N(C)CCC(F)(F)F)n1. The zero-order valence-electron chi connectivity index (χ0n) is 12.5. The summed E-state index contributed by atoms with van der Waals surface area (Å²) >= 11 is 1.21. The highest BCUT2D eigenvalue weighted by atomic mass is 32.1. The highest BCUT2D eigenvalue weighted by molar-refractivity contribution is 7.13. The monoisotopic (exact) mass is 324 g/mol. The first kappa shape index (κ1) is 17.7. The zero-order valence-corrected chi connectivity index (χ0v) is 13.3. The minimum absolute atomic E-state index is 0.170. The van der Waals surface area contributed by atoms with E-state index in [2.05, 4.69) is 4.98 Å². The second-order valence-electron chi connectivity index (χ2n) is 5.15. The Bertz CT molecular complexity index is 486. The van der Waals surface area contributed by atoms with Gasteiger partial charge in [0.1, 0.15) is 5.41 Å². The Labute approximate surface area is 125 Å². The molecule has 1 aromatic heterocycles. The number of carbonyl (C=O) groups is 1. The molecule has 0 saturated heterocycles. The van der Waals surface area contributed by atoms with E-state index in [0.29, 0.717) is 10.8 Å². The van der Waals surface area contributed by atoms with Crippen LogP contribution in [0.4, 0.5) is 18.3 Å². The highest BCUT2D eigenvalue weighted by Gasteiger charge is 2.34. The third-order valence-electron chi connectivity index (χ3n) is 2.98. The molecule has 1 heterocycles. The minimum Gasteiger partial charge on any atom is -0.465 e. The molecular weight excluding hydrogens is 305 g/mol. The molecule has 21 heavy (non-hydrogen) atoms. The predicted molar refractivity (Wildman–Crippen MR) is 75.7 cm³/mol. The van der Waals surface area contributed by atoms with E-state index in [0.717, 1.165) is 0 Å². The maximum Gasteiger partial charge on any atom is 0.390 e. The van der Waals surface area contributed by atoms with E-state index >= 15 is 0 Å². The average Bonchev–Trinajstić information content (AvgIpc) is 2.85. The molecule has 0 aliphatic rings. The molecule has 0 aromatic carbocycles.